The Kier molecular flexibility index (Phi) is 7.59. The largest absolute Gasteiger partial charge is 0.490 e. The van der Waals surface area contributed by atoms with Crippen LogP contribution in [-0.4, -0.2) is 42.4 Å². The number of halogens is 1. The lowest BCUT2D eigenvalue weighted by Gasteiger charge is -2.27. The van der Waals surface area contributed by atoms with Crippen LogP contribution in [0.1, 0.15) is 38.3 Å². The van der Waals surface area contributed by atoms with Crippen molar-refractivity contribution in [1.29, 1.82) is 0 Å². The first kappa shape index (κ1) is 20.0. The molecule has 3 nitrogen and oxygen atoms in total. The molecule has 130 valence electrons. The number of aliphatic hydroxyl groups excluding tert-OH is 1. The predicted octanol–water partition coefficient (Wildman–Crippen LogP) is 3.72. The van der Waals surface area contributed by atoms with E-state index in [-0.39, 0.29) is 17.8 Å². The van der Waals surface area contributed by atoms with Crippen molar-refractivity contribution in [1.82, 2.24) is 4.90 Å². The molecule has 1 N–H and O–H groups in total. The molecule has 1 aliphatic rings. The second-order valence-electron chi connectivity index (χ2n) is 7.19. The smallest absolute Gasteiger partial charge is 0.126 e. The molecule has 0 spiro atoms. The van der Waals surface area contributed by atoms with E-state index in [2.05, 4.69) is 62.9 Å². The minimum absolute atomic E-state index is 0. The van der Waals surface area contributed by atoms with Gasteiger partial charge in [-0.2, -0.15) is 0 Å². The molecule has 0 radical (unpaired) electrons. The molecule has 0 fully saturated rings. The van der Waals surface area contributed by atoms with Gasteiger partial charge in [-0.1, -0.05) is 51.1 Å². The molecule has 1 atom stereocenters. The minimum Gasteiger partial charge on any atom is -0.490 e. The van der Waals surface area contributed by atoms with Gasteiger partial charge in [-0.3, -0.25) is 4.90 Å². The molecule has 1 aromatic rings. The number of β-amino-alcohol motifs (C(OH)–C–C–N with tert-alkyl or cyclic N) is 1. The average molecular weight is 340 g/mol. The zero-order chi connectivity index (χ0) is 16.2. The quantitative estimate of drug-likeness (QED) is 0.830. The highest BCUT2D eigenvalue weighted by Gasteiger charge is 2.21. The minimum atomic E-state index is -0.459. The first-order chi connectivity index (χ1) is 10.4. The summed E-state index contributed by atoms with van der Waals surface area (Å²) in [5, 5.41) is 10.3. The Morgan fingerprint density at radius 2 is 2.00 bits per heavy atom. The molecule has 1 aromatic carbocycles. The fraction of sp³-hybridized carbons (Fsp3) is 0.579. The summed E-state index contributed by atoms with van der Waals surface area (Å²) in [6.45, 7) is 11.6. The van der Waals surface area contributed by atoms with Gasteiger partial charge < -0.3 is 9.84 Å². The van der Waals surface area contributed by atoms with Gasteiger partial charge in [-0.25, -0.2) is 0 Å². The van der Waals surface area contributed by atoms with Gasteiger partial charge in [0.05, 0.1) is 0 Å². The molecule has 1 aliphatic heterocycles. The van der Waals surface area contributed by atoms with Crippen LogP contribution in [0.3, 0.4) is 0 Å². The van der Waals surface area contributed by atoms with Crippen molar-refractivity contribution < 1.29 is 9.84 Å². The molecule has 23 heavy (non-hydrogen) atoms. The summed E-state index contributed by atoms with van der Waals surface area (Å²) in [5.74, 6) is 0.924. The Hall–Kier alpha value is -1.03. The summed E-state index contributed by atoms with van der Waals surface area (Å²) in [4.78, 5) is 2.26. The van der Waals surface area contributed by atoms with Crippen LogP contribution < -0.4 is 4.74 Å². The van der Waals surface area contributed by atoms with E-state index in [9.17, 15) is 5.11 Å². The van der Waals surface area contributed by atoms with Gasteiger partial charge in [0.1, 0.15) is 18.5 Å². The van der Waals surface area contributed by atoms with E-state index in [0.717, 1.165) is 30.8 Å². The number of para-hydroxylation sites is 1. The van der Waals surface area contributed by atoms with Crippen molar-refractivity contribution in [3.8, 4) is 5.75 Å². The monoisotopic (exact) mass is 339 g/mol. The van der Waals surface area contributed by atoms with Gasteiger partial charge in [0.2, 0.25) is 0 Å². The number of nitrogens with zero attached hydrogens (tertiary/aromatic N) is 1. The molecule has 1 unspecified atom stereocenters. The normalized spacial score (nSPS) is 16.7. The Morgan fingerprint density at radius 1 is 1.26 bits per heavy atom. The van der Waals surface area contributed by atoms with Crippen molar-refractivity contribution in [2.75, 3.05) is 26.2 Å². The molecule has 1 heterocycles. The lowest BCUT2D eigenvalue weighted by Crippen LogP contribution is -2.37. The summed E-state index contributed by atoms with van der Waals surface area (Å²) >= 11 is 0. The van der Waals surface area contributed by atoms with E-state index in [1.54, 1.807) is 0 Å². The van der Waals surface area contributed by atoms with E-state index in [4.69, 9.17) is 4.74 Å². The summed E-state index contributed by atoms with van der Waals surface area (Å²) in [6, 6.07) is 6.25. The standard InChI is InChI=1S/C19H29NO2.ClH/c1-15-9-8-10-17(19(2,3)4)18(15)22-14-16(21)13-20-11-6-5-7-12-20;/h5-6,8-10,16,21H,7,11-14H2,1-4H3;1H. The number of rotatable bonds is 5. The molecule has 0 aliphatic carbocycles. The molecule has 0 amide bonds. The van der Waals surface area contributed by atoms with E-state index in [1.165, 1.54) is 5.56 Å². The van der Waals surface area contributed by atoms with Crippen LogP contribution in [0.15, 0.2) is 30.4 Å². The molecule has 2 rings (SSSR count). The van der Waals surface area contributed by atoms with Crippen LogP contribution in [-0.2, 0) is 5.41 Å². The number of ether oxygens (including phenoxy) is 1. The third-order valence-corrected chi connectivity index (χ3v) is 4.05. The second kappa shape index (κ2) is 8.72. The molecule has 0 aromatic heterocycles. The SMILES string of the molecule is Cc1cccc(C(C)(C)C)c1OCC(O)CN1CC=CCC1.Cl. The maximum Gasteiger partial charge on any atom is 0.126 e. The fourth-order valence-electron chi connectivity index (χ4n) is 2.82. The van der Waals surface area contributed by atoms with Gasteiger partial charge in [0, 0.05) is 19.6 Å². The first-order valence-electron chi connectivity index (χ1n) is 8.16. The van der Waals surface area contributed by atoms with Crippen LogP contribution in [0.2, 0.25) is 0 Å². The van der Waals surface area contributed by atoms with Gasteiger partial charge in [0.15, 0.2) is 0 Å². The van der Waals surface area contributed by atoms with Gasteiger partial charge in [-0.05, 0) is 29.9 Å². The topological polar surface area (TPSA) is 32.7 Å². The third kappa shape index (κ3) is 5.83. The van der Waals surface area contributed by atoms with E-state index >= 15 is 0 Å². The Morgan fingerprint density at radius 3 is 2.61 bits per heavy atom. The number of hydrogen-bond donors (Lipinski definition) is 1. The summed E-state index contributed by atoms with van der Waals surface area (Å²) < 4.78 is 6.00. The zero-order valence-corrected chi connectivity index (χ0v) is 15.5. The summed E-state index contributed by atoms with van der Waals surface area (Å²) in [6.07, 6.45) is 4.97. The van der Waals surface area contributed by atoms with Gasteiger partial charge >= 0.3 is 0 Å². The Bertz CT molecular complexity index is 523. The Balaban J connectivity index is 0.00000264. The van der Waals surface area contributed by atoms with Crippen LogP contribution in [0.5, 0.6) is 5.75 Å². The maximum absolute atomic E-state index is 10.3. The average Bonchev–Trinajstić information content (AvgIpc) is 2.46. The van der Waals surface area contributed by atoms with Gasteiger partial charge in [0.25, 0.3) is 0 Å². The molecule has 4 heteroatoms. The summed E-state index contributed by atoms with van der Waals surface area (Å²) in [7, 11) is 0. The van der Waals surface area contributed by atoms with Crippen molar-refractivity contribution in [2.24, 2.45) is 0 Å². The third-order valence-electron chi connectivity index (χ3n) is 4.05. The molecular weight excluding hydrogens is 310 g/mol. The van der Waals surface area contributed by atoms with Crippen LogP contribution >= 0.6 is 12.4 Å². The zero-order valence-electron chi connectivity index (χ0n) is 14.7. The molecule has 0 saturated heterocycles. The number of aliphatic hydroxyl groups is 1. The fourth-order valence-corrected chi connectivity index (χ4v) is 2.82. The van der Waals surface area contributed by atoms with Crippen LogP contribution in [0.25, 0.3) is 0 Å². The molecule has 0 saturated carbocycles. The number of hydrogen-bond acceptors (Lipinski definition) is 3. The number of benzene rings is 1. The van der Waals surface area contributed by atoms with Crippen molar-refractivity contribution in [2.45, 2.75) is 45.6 Å². The van der Waals surface area contributed by atoms with E-state index in [0.29, 0.717) is 13.2 Å². The molecule has 0 bridgehead atoms. The first-order valence-corrected chi connectivity index (χ1v) is 8.16. The van der Waals surface area contributed by atoms with Gasteiger partial charge in [-0.15, -0.1) is 12.4 Å². The number of aryl methyl sites for hydroxylation is 1. The van der Waals surface area contributed by atoms with Crippen LogP contribution in [0, 0.1) is 6.92 Å². The highest BCUT2D eigenvalue weighted by atomic mass is 35.5. The lowest BCUT2D eigenvalue weighted by atomic mass is 9.85. The highest BCUT2D eigenvalue weighted by molar-refractivity contribution is 5.85. The second-order valence-corrected chi connectivity index (χ2v) is 7.19. The Labute approximate surface area is 146 Å². The van der Waals surface area contributed by atoms with Crippen molar-refractivity contribution in [3.05, 3.63) is 41.5 Å². The van der Waals surface area contributed by atoms with E-state index < -0.39 is 6.10 Å². The van der Waals surface area contributed by atoms with E-state index in [1.807, 2.05) is 0 Å². The maximum atomic E-state index is 10.3. The van der Waals surface area contributed by atoms with Crippen molar-refractivity contribution in [3.63, 3.8) is 0 Å². The lowest BCUT2D eigenvalue weighted by molar-refractivity contribution is 0.0703. The van der Waals surface area contributed by atoms with Crippen molar-refractivity contribution >= 4 is 12.4 Å². The van der Waals surface area contributed by atoms with Crippen LogP contribution in [0.4, 0.5) is 0 Å². The highest BCUT2D eigenvalue weighted by Crippen LogP contribution is 2.33. The predicted molar refractivity (Wildman–Crippen MR) is 98.8 cm³/mol. The molecular formula is C19H30ClNO2. The summed E-state index contributed by atoms with van der Waals surface area (Å²) in [5.41, 5.74) is 2.35.